The molecule has 0 radical (unpaired) electrons. The lowest BCUT2D eigenvalue weighted by Gasteiger charge is -2.21. The molecule has 0 bridgehead atoms. The van der Waals surface area contributed by atoms with E-state index in [9.17, 15) is 8.42 Å². The van der Waals surface area contributed by atoms with Crippen molar-refractivity contribution in [2.75, 3.05) is 20.2 Å². The van der Waals surface area contributed by atoms with E-state index in [0.717, 1.165) is 23.4 Å². The van der Waals surface area contributed by atoms with E-state index >= 15 is 0 Å². The highest BCUT2D eigenvalue weighted by Crippen LogP contribution is 2.18. The molecular weight excluding hydrogens is 539 g/mol. The van der Waals surface area contributed by atoms with Crippen molar-refractivity contribution in [2.45, 2.75) is 51.7 Å². The molecule has 0 fully saturated rings. The zero-order valence-corrected chi connectivity index (χ0v) is 22.6. The van der Waals surface area contributed by atoms with E-state index < -0.39 is 10.0 Å². The van der Waals surface area contributed by atoms with Crippen molar-refractivity contribution in [1.82, 2.24) is 14.9 Å². The predicted molar refractivity (Wildman–Crippen MR) is 141 cm³/mol. The Morgan fingerprint density at radius 1 is 1.06 bits per heavy atom. The number of ether oxygens (including phenoxy) is 1. The second-order valence-electron chi connectivity index (χ2n) is 7.35. The van der Waals surface area contributed by atoms with Gasteiger partial charge in [0.15, 0.2) is 5.96 Å². The third-order valence-electron chi connectivity index (χ3n) is 4.81. The average molecular weight is 575 g/mol. The van der Waals surface area contributed by atoms with Crippen molar-refractivity contribution < 1.29 is 13.2 Å². The summed E-state index contributed by atoms with van der Waals surface area (Å²) < 4.78 is 32.2. The number of hydrogen-bond acceptors (Lipinski definition) is 4. The largest absolute Gasteiger partial charge is 0.494 e. The molecule has 0 aliphatic carbocycles. The summed E-state index contributed by atoms with van der Waals surface area (Å²) in [5, 5.41) is 6.56. The molecule has 0 aliphatic rings. The SMILES string of the molecule is CCNC(=NCc1ccc(S(=O)(=O)N(C)C(C)C)cc1)NCc1ccccc1OCC.I. The van der Waals surface area contributed by atoms with Gasteiger partial charge in [0.25, 0.3) is 0 Å². The summed E-state index contributed by atoms with van der Waals surface area (Å²) in [6, 6.07) is 14.7. The first-order chi connectivity index (χ1) is 14.8. The molecule has 178 valence electrons. The standard InChI is InChI=1S/C23H34N4O3S.HI/c1-6-24-23(26-17-20-10-8-9-11-22(20)30-7-2)25-16-19-12-14-21(15-13-19)31(28,29)27(5)18(3)4;/h8-15,18H,6-7,16-17H2,1-5H3,(H2,24,25,26);1H. The van der Waals surface area contributed by atoms with Crippen LogP contribution in [0.15, 0.2) is 58.4 Å². The zero-order chi connectivity index (χ0) is 22.9. The Balaban J connectivity index is 0.00000512. The molecule has 0 unspecified atom stereocenters. The van der Waals surface area contributed by atoms with Crippen LogP contribution in [-0.4, -0.2) is 44.9 Å². The molecule has 0 aromatic heterocycles. The van der Waals surface area contributed by atoms with Crippen LogP contribution in [-0.2, 0) is 23.1 Å². The van der Waals surface area contributed by atoms with Crippen molar-refractivity contribution in [3.63, 3.8) is 0 Å². The highest BCUT2D eigenvalue weighted by Gasteiger charge is 2.22. The van der Waals surface area contributed by atoms with Gasteiger partial charge in [-0.3, -0.25) is 0 Å². The van der Waals surface area contributed by atoms with Gasteiger partial charge in [-0.2, -0.15) is 4.31 Å². The van der Waals surface area contributed by atoms with Gasteiger partial charge in [-0.15, -0.1) is 24.0 Å². The maximum Gasteiger partial charge on any atom is 0.243 e. The molecule has 2 N–H and O–H groups in total. The highest BCUT2D eigenvalue weighted by atomic mass is 127. The molecule has 9 heteroatoms. The number of nitrogens with zero attached hydrogens (tertiary/aromatic N) is 2. The normalized spacial score (nSPS) is 11.9. The molecule has 2 aromatic rings. The first-order valence-corrected chi connectivity index (χ1v) is 12.0. The second-order valence-corrected chi connectivity index (χ2v) is 9.35. The molecule has 7 nitrogen and oxygen atoms in total. The quantitative estimate of drug-likeness (QED) is 0.255. The van der Waals surface area contributed by atoms with Crippen molar-refractivity contribution in [1.29, 1.82) is 0 Å². The fourth-order valence-electron chi connectivity index (χ4n) is 2.85. The van der Waals surface area contributed by atoms with Crippen LogP contribution in [0.4, 0.5) is 0 Å². The van der Waals surface area contributed by atoms with E-state index in [1.807, 2.05) is 52.0 Å². The second kappa shape index (κ2) is 13.6. The van der Waals surface area contributed by atoms with Crippen LogP contribution in [0.3, 0.4) is 0 Å². The molecule has 0 saturated carbocycles. The number of hydrogen-bond donors (Lipinski definition) is 2. The number of para-hydroxylation sites is 1. The molecule has 0 amide bonds. The lowest BCUT2D eigenvalue weighted by Crippen LogP contribution is -2.36. The number of halogens is 1. The molecule has 0 spiro atoms. The summed E-state index contributed by atoms with van der Waals surface area (Å²) in [6.07, 6.45) is 0. The number of aliphatic imine (C=N–C) groups is 1. The van der Waals surface area contributed by atoms with Gasteiger partial charge in [-0.25, -0.2) is 13.4 Å². The van der Waals surface area contributed by atoms with Crippen molar-refractivity contribution >= 4 is 40.0 Å². The Morgan fingerprint density at radius 2 is 1.72 bits per heavy atom. The molecular formula is C23H35IN4O3S. The van der Waals surface area contributed by atoms with Gasteiger partial charge in [-0.1, -0.05) is 30.3 Å². The zero-order valence-electron chi connectivity index (χ0n) is 19.5. The first-order valence-electron chi connectivity index (χ1n) is 10.6. The van der Waals surface area contributed by atoms with Crippen LogP contribution in [0.1, 0.15) is 38.8 Å². The maximum absolute atomic E-state index is 12.6. The molecule has 2 aromatic carbocycles. The van der Waals surface area contributed by atoms with Crippen LogP contribution < -0.4 is 15.4 Å². The van der Waals surface area contributed by atoms with Gasteiger partial charge in [0.2, 0.25) is 10.0 Å². The lowest BCUT2D eigenvalue weighted by molar-refractivity contribution is 0.336. The fraction of sp³-hybridized carbons (Fsp3) is 0.435. The van der Waals surface area contributed by atoms with Gasteiger partial charge in [0.05, 0.1) is 18.0 Å². The molecule has 2 rings (SSSR count). The molecule has 0 aliphatic heterocycles. The number of rotatable bonds is 10. The number of guanidine groups is 1. The topological polar surface area (TPSA) is 83.0 Å². The van der Waals surface area contributed by atoms with Gasteiger partial charge >= 0.3 is 0 Å². The minimum absolute atomic E-state index is 0. The minimum Gasteiger partial charge on any atom is -0.494 e. The third kappa shape index (κ3) is 7.93. The Morgan fingerprint density at radius 3 is 2.31 bits per heavy atom. The summed E-state index contributed by atoms with van der Waals surface area (Å²) in [6.45, 7) is 10.0. The smallest absolute Gasteiger partial charge is 0.243 e. The van der Waals surface area contributed by atoms with Gasteiger partial charge in [-0.05, 0) is 51.5 Å². The average Bonchev–Trinajstić information content (AvgIpc) is 2.76. The molecule has 0 saturated heterocycles. The summed E-state index contributed by atoms with van der Waals surface area (Å²) in [4.78, 5) is 4.91. The Bertz CT molecular complexity index is 963. The van der Waals surface area contributed by atoms with E-state index in [1.54, 1.807) is 31.3 Å². The fourth-order valence-corrected chi connectivity index (χ4v) is 4.22. The van der Waals surface area contributed by atoms with E-state index in [4.69, 9.17) is 4.74 Å². The number of sulfonamides is 1. The molecule has 0 atom stereocenters. The van der Waals surface area contributed by atoms with E-state index in [0.29, 0.717) is 25.7 Å². The van der Waals surface area contributed by atoms with Crippen molar-refractivity contribution in [2.24, 2.45) is 4.99 Å². The van der Waals surface area contributed by atoms with Crippen molar-refractivity contribution in [3.05, 3.63) is 59.7 Å². The Kier molecular flexibility index (Phi) is 12.0. The van der Waals surface area contributed by atoms with Crippen LogP contribution >= 0.6 is 24.0 Å². The monoisotopic (exact) mass is 574 g/mol. The maximum atomic E-state index is 12.6. The van der Waals surface area contributed by atoms with Crippen LogP contribution in [0.2, 0.25) is 0 Å². The van der Waals surface area contributed by atoms with Crippen molar-refractivity contribution in [3.8, 4) is 5.75 Å². The van der Waals surface area contributed by atoms with Gasteiger partial charge < -0.3 is 15.4 Å². The molecule has 0 heterocycles. The lowest BCUT2D eigenvalue weighted by atomic mass is 10.2. The van der Waals surface area contributed by atoms with E-state index in [2.05, 4.69) is 15.6 Å². The van der Waals surface area contributed by atoms with E-state index in [1.165, 1.54) is 4.31 Å². The minimum atomic E-state index is -3.48. The highest BCUT2D eigenvalue weighted by molar-refractivity contribution is 14.0. The summed E-state index contributed by atoms with van der Waals surface area (Å²) >= 11 is 0. The van der Waals surface area contributed by atoms with Crippen LogP contribution in [0, 0.1) is 0 Å². The number of nitrogens with one attached hydrogen (secondary N) is 2. The summed E-state index contributed by atoms with van der Waals surface area (Å²) in [5.74, 6) is 1.54. The summed E-state index contributed by atoms with van der Waals surface area (Å²) in [5.41, 5.74) is 1.98. The Hall–Kier alpha value is -1.85. The first kappa shape index (κ1) is 28.2. The third-order valence-corrected chi connectivity index (χ3v) is 6.86. The Labute approximate surface area is 209 Å². The predicted octanol–water partition coefficient (Wildman–Crippen LogP) is 3.99. The van der Waals surface area contributed by atoms with E-state index in [-0.39, 0.29) is 34.9 Å². The van der Waals surface area contributed by atoms with Gasteiger partial charge in [0, 0.05) is 31.7 Å². The van der Waals surface area contributed by atoms with Gasteiger partial charge in [0.1, 0.15) is 5.75 Å². The summed E-state index contributed by atoms with van der Waals surface area (Å²) in [7, 11) is -1.89. The number of benzene rings is 2. The van der Waals surface area contributed by atoms with Crippen LogP contribution in [0.5, 0.6) is 5.75 Å². The van der Waals surface area contributed by atoms with Crippen LogP contribution in [0.25, 0.3) is 0 Å². The molecule has 32 heavy (non-hydrogen) atoms.